The molecule has 0 bridgehead atoms. The van der Waals surface area contributed by atoms with Gasteiger partial charge in [0.15, 0.2) is 0 Å². The monoisotopic (exact) mass is 254 g/mol. The summed E-state index contributed by atoms with van der Waals surface area (Å²) in [6.45, 7) is 2.99. The van der Waals surface area contributed by atoms with Gasteiger partial charge in [-0.3, -0.25) is 0 Å². The molecule has 0 spiro atoms. The van der Waals surface area contributed by atoms with Gasteiger partial charge < -0.3 is 0 Å². The Morgan fingerprint density at radius 2 is 1.46 bits per heavy atom. The van der Waals surface area contributed by atoms with E-state index in [4.69, 9.17) is 0 Å². The summed E-state index contributed by atoms with van der Waals surface area (Å²) in [4.78, 5) is 6.64. The summed E-state index contributed by atoms with van der Waals surface area (Å²) >= 11 is 3.09. The van der Waals surface area contributed by atoms with Crippen LogP contribution in [0.2, 0.25) is 0 Å². The fourth-order valence-electron chi connectivity index (χ4n) is 0.829. The lowest BCUT2D eigenvalue weighted by atomic mass is 10.3. The van der Waals surface area contributed by atoms with E-state index in [2.05, 4.69) is 25.9 Å². The van der Waals surface area contributed by atoms with Crippen molar-refractivity contribution in [3.63, 3.8) is 0 Å². The van der Waals surface area contributed by atoms with Crippen LogP contribution in [0.25, 0.3) is 0 Å². The predicted molar refractivity (Wildman–Crippen MR) is 44.2 cm³/mol. The summed E-state index contributed by atoms with van der Waals surface area (Å²) in [7, 11) is 0. The highest BCUT2D eigenvalue weighted by atomic mass is 79.9. The van der Waals surface area contributed by atoms with Crippen molar-refractivity contribution in [3.05, 3.63) is 21.7 Å². The molecule has 0 unspecified atom stereocenters. The third-order valence-corrected chi connectivity index (χ3v) is 2.58. The topological polar surface area (TPSA) is 25.8 Å². The van der Waals surface area contributed by atoms with Crippen molar-refractivity contribution < 1.29 is 13.2 Å². The van der Waals surface area contributed by atoms with Gasteiger partial charge in [-0.1, -0.05) is 0 Å². The Kier molecular flexibility index (Phi) is 2.61. The van der Waals surface area contributed by atoms with E-state index in [-0.39, 0.29) is 0 Å². The Labute approximate surface area is 81.3 Å². The zero-order valence-electron chi connectivity index (χ0n) is 6.91. The molecule has 0 amide bonds. The number of nitrogens with zero attached hydrogens (tertiary/aromatic N) is 2. The molecule has 1 aromatic rings. The van der Waals surface area contributed by atoms with Crippen LogP contribution in [0.3, 0.4) is 0 Å². The van der Waals surface area contributed by atoms with Crippen molar-refractivity contribution in [2.45, 2.75) is 20.0 Å². The van der Waals surface area contributed by atoms with Crippen molar-refractivity contribution >= 4 is 15.9 Å². The second kappa shape index (κ2) is 3.25. The number of halogens is 4. The van der Waals surface area contributed by atoms with E-state index in [0.717, 1.165) is 0 Å². The molecule has 0 fully saturated rings. The van der Waals surface area contributed by atoms with Crippen LogP contribution in [0.4, 0.5) is 13.2 Å². The minimum Gasteiger partial charge on any atom is -0.229 e. The quantitative estimate of drug-likeness (QED) is 0.712. The molecule has 2 nitrogen and oxygen atoms in total. The normalized spacial score (nSPS) is 11.8. The lowest BCUT2D eigenvalue weighted by molar-refractivity contribution is -0.145. The van der Waals surface area contributed by atoms with Crippen LogP contribution in [0.15, 0.2) is 4.47 Å². The van der Waals surface area contributed by atoms with Crippen LogP contribution in [-0.4, -0.2) is 9.97 Å². The van der Waals surface area contributed by atoms with Crippen LogP contribution in [0.1, 0.15) is 17.2 Å². The second-order valence-corrected chi connectivity index (χ2v) is 3.32. The van der Waals surface area contributed by atoms with E-state index in [1.165, 1.54) is 13.8 Å². The third kappa shape index (κ3) is 2.18. The fraction of sp³-hybridized carbons (Fsp3) is 0.429. The molecule has 0 saturated carbocycles. The van der Waals surface area contributed by atoms with Crippen LogP contribution in [-0.2, 0) is 6.18 Å². The third-order valence-electron chi connectivity index (χ3n) is 1.44. The number of rotatable bonds is 0. The molecule has 6 heteroatoms. The van der Waals surface area contributed by atoms with Crippen molar-refractivity contribution in [1.29, 1.82) is 0 Å². The van der Waals surface area contributed by atoms with Crippen LogP contribution in [0.5, 0.6) is 0 Å². The number of alkyl halides is 3. The Morgan fingerprint density at radius 1 is 1.08 bits per heavy atom. The molecule has 1 rings (SSSR count). The molecule has 0 aliphatic rings. The molecule has 0 atom stereocenters. The summed E-state index contributed by atoms with van der Waals surface area (Å²) < 4.78 is 36.9. The van der Waals surface area contributed by atoms with Crippen molar-refractivity contribution in [2.24, 2.45) is 0 Å². The number of aryl methyl sites for hydroxylation is 2. The summed E-state index contributed by atoms with van der Waals surface area (Å²) in [5.41, 5.74) is 0.583. The van der Waals surface area contributed by atoms with Gasteiger partial charge in [-0.2, -0.15) is 13.2 Å². The highest BCUT2D eigenvalue weighted by Gasteiger charge is 2.35. The van der Waals surface area contributed by atoms with Crippen LogP contribution >= 0.6 is 15.9 Å². The Hall–Kier alpha value is -0.650. The average Bonchev–Trinajstić information content (AvgIpc) is 1.97. The molecular weight excluding hydrogens is 249 g/mol. The van der Waals surface area contributed by atoms with Gasteiger partial charge in [0.2, 0.25) is 5.82 Å². The molecule has 72 valence electrons. The largest absolute Gasteiger partial charge is 0.451 e. The molecule has 0 aliphatic heterocycles. The Balaban J connectivity index is 3.29. The first-order chi connectivity index (χ1) is 5.82. The molecule has 1 heterocycles. The summed E-state index contributed by atoms with van der Waals surface area (Å²) in [6.07, 6.45) is -4.48. The van der Waals surface area contributed by atoms with Gasteiger partial charge >= 0.3 is 6.18 Å². The first kappa shape index (κ1) is 10.4. The number of hydrogen-bond acceptors (Lipinski definition) is 2. The molecular formula is C7H6BrF3N2. The second-order valence-electron chi connectivity index (χ2n) is 2.53. The van der Waals surface area contributed by atoms with Crippen molar-refractivity contribution in [2.75, 3.05) is 0 Å². The van der Waals surface area contributed by atoms with Gasteiger partial charge in [-0.25, -0.2) is 9.97 Å². The van der Waals surface area contributed by atoms with E-state index in [9.17, 15) is 13.2 Å². The Bertz CT molecular complexity index is 312. The first-order valence-electron chi connectivity index (χ1n) is 3.40. The van der Waals surface area contributed by atoms with E-state index in [1.54, 1.807) is 0 Å². The lowest BCUT2D eigenvalue weighted by Gasteiger charge is -2.08. The summed E-state index contributed by atoms with van der Waals surface area (Å²) in [5, 5.41) is 0. The maximum absolute atomic E-state index is 12.1. The summed E-state index contributed by atoms with van der Waals surface area (Å²) in [5.74, 6) is -1.09. The minimum atomic E-state index is -4.48. The number of hydrogen-bond donors (Lipinski definition) is 0. The van der Waals surface area contributed by atoms with Gasteiger partial charge in [-0.15, -0.1) is 0 Å². The van der Waals surface area contributed by atoms with E-state index in [1.807, 2.05) is 0 Å². The SMILES string of the molecule is Cc1nc(C(F)(F)F)nc(C)c1Br. The van der Waals surface area contributed by atoms with Gasteiger partial charge in [-0.05, 0) is 29.8 Å². The molecule has 0 aliphatic carbocycles. The van der Waals surface area contributed by atoms with E-state index < -0.39 is 12.0 Å². The number of aromatic nitrogens is 2. The van der Waals surface area contributed by atoms with Gasteiger partial charge in [0.25, 0.3) is 0 Å². The fourth-order valence-corrected chi connectivity index (χ4v) is 1.01. The molecule has 0 radical (unpaired) electrons. The lowest BCUT2D eigenvalue weighted by Crippen LogP contribution is -2.13. The van der Waals surface area contributed by atoms with Gasteiger partial charge in [0.1, 0.15) is 0 Å². The Morgan fingerprint density at radius 3 is 1.77 bits per heavy atom. The van der Waals surface area contributed by atoms with Crippen LogP contribution < -0.4 is 0 Å². The predicted octanol–water partition coefficient (Wildman–Crippen LogP) is 2.87. The first-order valence-corrected chi connectivity index (χ1v) is 4.19. The smallest absolute Gasteiger partial charge is 0.229 e. The summed E-state index contributed by atoms with van der Waals surface area (Å²) in [6, 6.07) is 0. The maximum atomic E-state index is 12.1. The standard InChI is InChI=1S/C7H6BrF3N2/c1-3-5(8)4(2)13-6(12-3)7(9,10)11/h1-2H3. The van der Waals surface area contributed by atoms with Crippen molar-refractivity contribution in [1.82, 2.24) is 9.97 Å². The van der Waals surface area contributed by atoms with E-state index >= 15 is 0 Å². The molecule has 0 N–H and O–H groups in total. The maximum Gasteiger partial charge on any atom is 0.451 e. The zero-order valence-corrected chi connectivity index (χ0v) is 8.49. The molecule has 1 aromatic heterocycles. The zero-order chi connectivity index (χ0) is 10.2. The molecule has 0 saturated heterocycles. The minimum absolute atomic E-state index is 0.292. The molecule has 13 heavy (non-hydrogen) atoms. The van der Waals surface area contributed by atoms with Crippen LogP contribution in [0, 0.1) is 13.8 Å². The van der Waals surface area contributed by atoms with E-state index in [0.29, 0.717) is 15.9 Å². The highest BCUT2D eigenvalue weighted by Crippen LogP contribution is 2.28. The highest BCUT2D eigenvalue weighted by molar-refractivity contribution is 9.10. The van der Waals surface area contributed by atoms with Crippen molar-refractivity contribution in [3.8, 4) is 0 Å². The average molecular weight is 255 g/mol. The van der Waals surface area contributed by atoms with Gasteiger partial charge in [0.05, 0.1) is 15.9 Å². The van der Waals surface area contributed by atoms with Gasteiger partial charge in [0, 0.05) is 0 Å². The molecule has 0 aromatic carbocycles.